The Morgan fingerprint density at radius 1 is 1.00 bits per heavy atom. The number of allylic oxidation sites excluding steroid dienone is 1. The minimum atomic E-state index is -1.92. The zero-order valence-corrected chi connectivity index (χ0v) is 10.9. The lowest BCUT2D eigenvalue weighted by Crippen LogP contribution is -1.84. The summed E-state index contributed by atoms with van der Waals surface area (Å²) in [5.41, 5.74) is 0. The van der Waals surface area contributed by atoms with Crippen molar-refractivity contribution in [2.45, 2.75) is 52.9 Å². The van der Waals surface area contributed by atoms with Crippen LogP contribution in [0, 0.1) is 0 Å². The van der Waals surface area contributed by atoms with E-state index in [1.54, 1.807) is 0 Å². The molecule has 0 bridgehead atoms. The zero-order valence-electron chi connectivity index (χ0n) is 9.96. The molecule has 0 aliphatic heterocycles. The molecular weight excluding hydrogens is 191 g/mol. The molecule has 0 aliphatic carbocycles. The van der Waals surface area contributed by atoms with Crippen LogP contribution in [0.1, 0.15) is 52.9 Å². The minimum absolute atomic E-state index is 0.814. The smallest absolute Gasteiger partial charge is 0.107 e. The first-order valence-electron chi connectivity index (χ1n) is 5.94. The van der Waals surface area contributed by atoms with E-state index < -0.39 is 7.14 Å². The molecule has 0 aromatic carbocycles. The summed E-state index contributed by atoms with van der Waals surface area (Å²) in [7, 11) is -1.92. The number of unbranched alkanes of at least 4 members (excludes halogenated alkanes) is 4. The molecule has 2 heteroatoms. The number of rotatable bonds is 8. The standard InChI is InChI=1S/C12H25OP/c1-4-7-8-9-10-11-12-14(13,5-2)6-3/h11-12H,4-10H2,1-3H3/b12-11-. The topological polar surface area (TPSA) is 17.1 Å². The molecule has 0 atom stereocenters. The summed E-state index contributed by atoms with van der Waals surface area (Å²) in [5, 5.41) is 0. The number of hydrogen-bond acceptors (Lipinski definition) is 1. The average molecular weight is 216 g/mol. The SMILES string of the molecule is CCCCCC/C=C\P(=O)(CC)CC. The summed E-state index contributed by atoms with van der Waals surface area (Å²) in [6.45, 7) is 6.26. The molecule has 0 aromatic heterocycles. The van der Waals surface area contributed by atoms with Crippen molar-refractivity contribution in [1.82, 2.24) is 0 Å². The summed E-state index contributed by atoms with van der Waals surface area (Å²) >= 11 is 0. The summed E-state index contributed by atoms with van der Waals surface area (Å²) in [6, 6.07) is 0. The van der Waals surface area contributed by atoms with Gasteiger partial charge >= 0.3 is 0 Å². The Bertz CT molecular complexity index is 188. The largest absolute Gasteiger partial charge is 0.319 e. The van der Waals surface area contributed by atoms with Crippen LogP contribution in [0.15, 0.2) is 11.9 Å². The Kier molecular flexibility index (Phi) is 8.27. The quantitative estimate of drug-likeness (QED) is 0.417. The second kappa shape index (κ2) is 8.29. The molecule has 0 fully saturated rings. The normalized spacial score (nSPS) is 12.5. The monoisotopic (exact) mass is 216 g/mol. The highest BCUT2D eigenvalue weighted by molar-refractivity contribution is 7.66. The van der Waals surface area contributed by atoms with E-state index in [2.05, 4.69) is 13.0 Å². The maximum atomic E-state index is 12.0. The third-order valence-electron chi connectivity index (χ3n) is 2.67. The maximum absolute atomic E-state index is 12.0. The minimum Gasteiger partial charge on any atom is -0.319 e. The molecule has 0 saturated heterocycles. The Morgan fingerprint density at radius 3 is 2.14 bits per heavy atom. The van der Waals surface area contributed by atoms with Crippen LogP contribution in [-0.4, -0.2) is 12.3 Å². The van der Waals surface area contributed by atoms with Crippen molar-refractivity contribution in [1.29, 1.82) is 0 Å². The van der Waals surface area contributed by atoms with E-state index in [0.29, 0.717) is 0 Å². The first kappa shape index (κ1) is 14.0. The second-order valence-corrected chi connectivity index (χ2v) is 7.29. The molecule has 0 amide bonds. The van der Waals surface area contributed by atoms with E-state index in [0.717, 1.165) is 18.7 Å². The fraction of sp³-hybridized carbons (Fsp3) is 0.833. The van der Waals surface area contributed by atoms with Crippen LogP contribution >= 0.6 is 7.14 Å². The van der Waals surface area contributed by atoms with Gasteiger partial charge in [-0.2, -0.15) is 0 Å². The van der Waals surface area contributed by atoms with E-state index in [9.17, 15) is 4.57 Å². The zero-order chi connectivity index (χ0) is 10.9. The van der Waals surface area contributed by atoms with Crippen LogP contribution in [0.25, 0.3) is 0 Å². The summed E-state index contributed by atoms with van der Waals surface area (Å²) in [4.78, 5) is 0. The predicted octanol–water partition coefficient (Wildman–Crippen LogP) is 4.87. The molecule has 1 nitrogen and oxygen atoms in total. The third-order valence-corrected chi connectivity index (χ3v) is 5.57. The summed E-state index contributed by atoms with van der Waals surface area (Å²) in [5.74, 6) is 1.99. The molecule has 14 heavy (non-hydrogen) atoms. The van der Waals surface area contributed by atoms with Gasteiger partial charge in [0, 0.05) is 12.3 Å². The van der Waals surface area contributed by atoms with Crippen molar-refractivity contribution >= 4 is 7.14 Å². The third kappa shape index (κ3) is 6.43. The molecule has 0 aromatic rings. The van der Waals surface area contributed by atoms with Crippen LogP contribution in [0.4, 0.5) is 0 Å². The molecule has 0 aliphatic rings. The molecule has 0 saturated carbocycles. The highest BCUT2D eigenvalue weighted by atomic mass is 31.2. The first-order chi connectivity index (χ1) is 6.68. The molecular formula is C12H25OP. The van der Waals surface area contributed by atoms with E-state index in [-0.39, 0.29) is 0 Å². The van der Waals surface area contributed by atoms with Crippen LogP contribution in [0.2, 0.25) is 0 Å². The van der Waals surface area contributed by atoms with Gasteiger partial charge in [-0.15, -0.1) is 0 Å². The molecule has 0 N–H and O–H groups in total. The Morgan fingerprint density at radius 2 is 1.64 bits per heavy atom. The lowest BCUT2D eigenvalue weighted by Gasteiger charge is -2.07. The van der Waals surface area contributed by atoms with Gasteiger partial charge in [0.2, 0.25) is 0 Å². The lowest BCUT2D eigenvalue weighted by atomic mass is 10.2. The van der Waals surface area contributed by atoms with Gasteiger partial charge in [0.05, 0.1) is 0 Å². The van der Waals surface area contributed by atoms with Crippen molar-refractivity contribution in [2.24, 2.45) is 0 Å². The van der Waals surface area contributed by atoms with Crippen LogP contribution in [-0.2, 0) is 4.57 Å². The van der Waals surface area contributed by atoms with E-state index >= 15 is 0 Å². The Hall–Kier alpha value is -0.0300. The number of hydrogen-bond donors (Lipinski definition) is 0. The van der Waals surface area contributed by atoms with Gasteiger partial charge in [-0.25, -0.2) is 0 Å². The van der Waals surface area contributed by atoms with Crippen molar-refractivity contribution in [3.05, 3.63) is 11.9 Å². The van der Waals surface area contributed by atoms with Gasteiger partial charge < -0.3 is 4.57 Å². The average Bonchev–Trinajstić information content (AvgIpc) is 2.23. The maximum Gasteiger partial charge on any atom is 0.107 e. The van der Waals surface area contributed by atoms with Gasteiger partial charge in [-0.1, -0.05) is 46.1 Å². The molecule has 0 spiro atoms. The van der Waals surface area contributed by atoms with Crippen molar-refractivity contribution in [3.63, 3.8) is 0 Å². The molecule has 0 unspecified atom stereocenters. The molecule has 0 heterocycles. The summed E-state index contributed by atoms with van der Waals surface area (Å²) in [6.07, 6.45) is 10.0. The van der Waals surface area contributed by atoms with Crippen LogP contribution in [0.3, 0.4) is 0 Å². The van der Waals surface area contributed by atoms with Crippen LogP contribution in [0.5, 0.6) is 0 Å². The van der Waals surface area contributed by atoms with Gasteiger partial charge in [-0.05, 0) is 18.7 Å². The van der Waals surface area contributed by atoms with E-state index in [1.807, 2.05) is 19.7 Å². The first-order valence-corrected chi connectivity index (χ1v) is 8.08. The Labute approximate surface area is 89.4 Å². The van der Waals surface area contributed by atoms with Gasteiger partial charge in [0.1, 0.15) is 7.14 Å². The van der Waals surface area contributed by atoms with Crippen molar-refractivity contribution in [2.75, 3.05) is 12.3 Å². The van der Waals surface area contributed by atoms with Gasteiger partial charge in [-0.3, -0.25) is 0 Å². The molecule has 0 radical (unpaired) electrons. The molecule has 0 rings (SSSR count). The van der Waals surface area contributed by atoms with Crippen molar-refractivity contribution in [3.8, 4) is 0 Å². The highest BCUT2D eigenvalue weighted by Gasteiger charge is 2.10. The van der Waals surface area contributed by atoms with Crippen molar-refractivity contribution < 1.29 is 4.57 Å². The lowest BCUT2D eigenvalue weighted by molar-refractivity contribution is 0.582. The van der Waals surface area contributed by atoms with Gasteiger partial charge in [0.25, 0.3) is 0 Å². The molecule has 84 valence electrons. The second-order valence-electron chi connectivity index (χ2n) is 3.82. The van der Waals surface area contributed by atoms with E-state index in [1.165, 1.54) is 25.7 Å². The summed E-state index contributed by atoms with van der Waals surface area (Å²) < 4.78 is 12.0. The van der Waals surface area contributed by atoms with Crippen LogP contribution < -0.4 is 0 Å². The van der Waals surface area contributed by atoms with Gasteiger partial charge in [0.15, 0.2) is 0 Å². The fourth-order valence-electron chi connectivity index (χ4n) is 1.39. The highest BCUT2D eigenvalue weighted by Crippen LogP contribution is 2.46. The van der Waals surface area contributed by atoms with E-state index in [4.69, 9.17) is 0 Å². The Balaban J connectivity index is 3.65. The fourth-order valence-corrected chi connectivity index (χ4v) is 2.79. The predicted molar refractivity (Wildman–Crippen MR) is 66.6 cm³/mol.